The zero-order valence-corrected chi connectivity index (χ0v) is 13.0. The Labute approximate surface area is 116 Å². The van der Waals surface area contributed by atoms with E-state index in [4.69, 9.17) is 0 Å². The number of hydrogen-bond donors (Lipinski definition) is 0. The van der Waals surface area contributed by atoms with Crippen molar-refractivity contribution in [2.45, 2.75) is 33.7 Å². The van der Waals surface area contributed by atoms with Crippen LogP contribution in [0.5, 0.6) is 0 Å². The van der Waals surface area contributed by atoms with Gasteiger partial charge in [0.2, 0.25) is 0 Å². The van der Waals surface area contributed by atoms with Gasteiger partial charge in [0.1, 0.15) is 5.69 Å². The van der Waals surface area contributed by atoms with Gasteiger partial charge < -0.3 is 4.90 Å². The Morgan fingerprint density at radius 3 is 2.39 bits per heavy atom. The third kappa shape index (κ3) is 3.22. The van der Waals surface area contributed by atoms with Gasteiger partial charge in [-0.25, -0.2) is 0 Å². The van der Waals surface area contributed by atoms with E-state index in [2.05, 4.69) is 43.6 Å². The summed E-state index contributed by atoms with van der Waals surface area (Å²) in [5.74, 6) is 0. The highest BCUT2D eigenvalue weighted by molar-refractivity contribution is 9.10. The van der Waals surface area contributed by atoms with Crippen LogP contribution in [0.1, 0.15) is 27.7 Å². The van der Waals surface area contributed by atoms with E-state index >= 15 is 0 Å². The Kier molecular flexibility index (Phi) is 4.37. The fraction of sp³-hybridized carbons (Fsp3) is 0.538. The van der Waals surface area contributed by atoms with Crippen LogP contribution in [-0.2, 0) is 0 Å². The Morgan fingerprint density at radius 2 is 1.94 bits per heavy atom. The Morgan fingerprint density at radius 1 is 1.39 bits per heavy atom. The molecule has 0 saturated carbocycles. The summed E-state index contributed by atoms with van der Waals surface area (Å²) in [5.41, 5.74) is 0.823. The molecule has 0 amide bonds. The van der Waals surface area contributed by atoms with Crippen LogP contribution in [0.4, 0.5) is 11.4 Å². The van der Waals surface area contributed by atoms with Crippen molar-refractivity contribution in [1.29, 1.82) is 0 Å². The average Bonchev–Trinajstić information content (AvgIpc) is 2.25. The topological polar surface area (TPSA) is 46.4 Å². The van der Waals surface area contributed by atoms with E-state index < -0.39 is 0 Å². The number of rotatable bonds is 3. The number of nitro benzene ring substituents is 1. The summed E-state index contributed by atoms with van der Waals surface area (Å²) >= 11 is 3.27. The van der Waals surface area contributed by atoms with Crippen molar-refractivity contribution in [3.63, 3.8) is 0 Å². The SMILES string of the molecule is CC(N(C)c1ccc(Br)cc1[N+](=O)[O-])C(C)(C)C. The van der Waals surface area contributed by atoms with Gasteiger partial charge in [0.05, 0.1) is 4.92 Å². The number of benzene rings is 1. The lowest BCUT2D eigenvalue weighted by atomic mass is 9.87. The summed E-state index contributed by atoms with van der Waals surface area (Å²) in [6.07, 6.45) is 0. The molecular formula is C13H19BrN2O2. The first-order valence-electron chi connectivity index (χ1n) is 5.81. The predicted octanol–water partition coefficient (Wildman–Crippen LogP) is 4.23. The van der Waals surface area contributed by atoms with E-state index in [1.807, 2.05) is 18.0 Å². The second kappa shape index (κ2) is 5.26. The second-order valence-electron chi connectivity index (χ2n) is 5.54. The maximum absolute atomic E-state index is 11.1. The molecule has 0 aliphatic carbocycles. The van der Waals surface area contributed by atoms with Crippen LogP contribution in [0, 0.1) is 15.5 Å². The highest BCUT2D eigenvalue weighted by atomic mass is 79.9. The molecule has 0 fully saturated rings. The Balaban J connectivity index is 3.21. The van der Waals surface area contributed by atoms with Gasteiger partial charge >= 0.3 is 0 Å². The number of hydrogen-bond acceptors (Lipinski definition) is 3. The quantitative estimate of drug-likeness (QED) is 0.619. The van der Waals surface area contributed by atoms with Gasteiger partial charge in [-0.3, -0.25) is 10.1 Å². The van der Waals surface area contributed by atoms with E-state index in [9.17, 15) is 10.1 Å². The first kappa shape index (κ1) is 15.0. The Hall–Kier alpha value is -1.10. The molecule has 4 nitrogen and oxygen atoms in total. The minimum absolute atomic E-state index is 0.0513. The highest BCUT2D eigenvalue weighted by Gasteiger charge is 2.28. The summed E-state index contributed by atoms with van der Waals surface area (Å²) < 4.78 is 0.717. The third-order valence-corrected chi connectivity index (χ3v) is 3.84. The summed E-state index contributed by atoms with van der Waals surface area (Å²) in [5, 5.41) is 11.1. The van der Waals surface area contributed by atoms with Crippen molar-refractivity contribution < 1.29 is 4.92 Å². The molecule has 0 heterocycles. The van der Waals surface area contributed by atoms with Crippen molar-refractivity contribution in [1.82, 2.24) is 0 Å². The monoisotopic (exact) mass is 314 g/mol. The number of nitro groups is 1. The van der Waals surface area contributed by atoms with Gasteiger partial charge in [0.15, 0.2) is 0 Å². The van der Waals surface area contributed by atoms with Crippen LogP contribution in [0.15, 0.2) is 22.7 Å². The first-order valence-corrected chi connectivity index (χ1v) is 6.60. The summed E-state index contributed by atoms with van der Waals surface area (Å²) in [6, 6.07) is 5.34. The van der Waals surface area contributed by atoms with Gasteiger partial charge in [-0.15, -0.1) is 0 Å². The van der Waals surface area contributed by atoms with Crippen molar-refractivity contribution in [2.75, 3.05) is 11.9 Å². The summed E-state index contributed by atoms with van der Waals surface area (Å²) in [7, 11) is 1.89. The molecule has 18 heavy (non-hydrogen) atoms. The van der Waals surface area contributed by atoms with Crippen LogP contribution in [0.2, 0.25) is 0 Å². The molecular weight excluding hydrogens is 296 g/mol. The normalized spacial score (nSPS) is 13.2. The van der Waals surface area contributed by atoms with Crippen molar-refractivity contribution in [3.8, 4) is 0 Å². The van der Waals surface area contributed by atoms with Crippen molar-refractivity contribution in [2.24, 2.45) is 5.41 Å². The van der Waals surface area contributed by atoms with E-state index in [0.29, 0.717) is 5.69 Å². The lowest BCUT2D eigenvalue weighted by Crippen LogP contribution is -2.39. The minimum atomic E-state index is -0.341. The van der Waals surface area contributed by atoms with E-state index in [-0.39, 0.29) is 22.1 Å². The first-order chi connectivity index (χ1) is 8.14. The Bertz CT molecular complexity index is 455. The highest BCUT2D eigenvalue weighted by Crippen LogP contribution is 2.34. The molecule has 0 saturated heterocycles. The molecule has 0 spiro atoms. The number of halogens is 1. The molecule has 1 unspecified atom stereocenters. The molecule has 1 aromatic carbocycles. The predicted molar refractivity (Wildman–Crippen MR) is 78.1 cm³/mol. The summed E-state index contributed by atoms with van der Waals surface area (Å²) in [4.78, 5) is 12.7. The molecule has 0 radical (unpaired) electrons. The average molecular weight is 315 g/mol. The molecule has 1 aromatic rings. The molecule has 100 valence electrons. The molecule has 1 atom stereocenters. The largest absolute Gasteiger partial charge is 0.366 e. The zero-order chi connectivity index (χ0) is 14.1. The van der Waals surface area contributed by atoms with Gasteiger partial charge in [-0.05, 0) is 24.5 Å². The minimum Gasteiger partial charge on any atom is -0.366 e. The fourth-order valence-corrected chi connectivity index (χ4v) is 2.08. The molecule has 0 aliphatic rings. The molecule has 5 heteroatoms. The number of nitrogens with zero attached hydrogens (tertiary/aromatic N) is 2. The van der Waals surface area contributed by atoms with E-state index in [0.717, 1.165) is 4.47 Å². The van der Waals surface area contributed by atoms with Crippen molar-refractivity contribution in [3.05, 3.63) is 32.8 Å². The van der Waals surface area contributed by atoms with Crippen LogP contribution >= 0.6 is 15.9 Å². The van der Waals surface area contributed by atoms with E-state index in [1.54, 1.807) is 12.1 Å². The van der Waals surface area contributed by atoms with Gasteiger partial charge in [0, 0.05) is 23.6 Å². The van der Waals surface area contributed by atoms with Crippen LogP contribution in [-0.4, -0.2) is 18.0 Å². The fourth-order valence-electron chi connectivity index (χ4n) is 1.73. The van der Waals surface area contributed by atoms with E-state index in [1.165, 1.54) is 0 Å². The molecule has 1 rings (SSSR count). The van der Waals surface area contributed by atoms with Crippen molar-refractivity contribution >= 4 is 27.3 Å². The zero-order valence-electron chi connectivity index (χ0n) is 11.4. The van der Waals surface area contributed by atoms with Crippen LogP contribution in [0.25, 0.3) is 0 Å². The molecule has 0 aliphatic heterocycles. The smallest absolute Gasteiger partial charge is 0.293 e. The van der Waals surface area contributed by atoms with Gasteiger partial charge in [0.25, 0.3) is 5.69 Å². The van der Waals surface area contributed by atoms with Gasteiger partial charge in [-0.2, -0.15) is 0 Å². The van der Waals surface area contributed by atoms with Crippen LogP contribution < -0.4 is 4.90 Å². The summed E-state index contributed by atoms with van der Waals surface area (Å²) in [6.45, 7) is 8.45. The third-order valence-electron chi connectivity index (χ3n) is 3.35. The molecule has 0 N–H and O–H groups in total. The maximum Gasteiger partial charge on any atom is 0.293 e. The lowest BCUT2D eigenvalue weighted by Gasteiger charge is -2.36. The second-order valence-corrected chi connectivity index (χ2v) is 6.46. The molecule has 0 bridgehead atoms. The van der Waals surface area contributed by atoms with Gasteiger partial charge in [-0.1, -0.05) is 36.7 Å². The molecule has 0 aromatic heterocycles. The maximum atomic E-state index is 11.1. The van der Waals surface area contributed by atoms with Crippen LogP contribution in [0.3, 0.4) is 0 Å². The number of anilines is 1. The standard InChI is InChI=1S/C13H19BrN2O2/c1-9(13(2,3)4)15(5)11-7-6-10(14)8-12(11)16(17)18/h6-9H,1-5H3. The lowest BCUT2D eigenvalue weighted by molar-refractivity contribution is -0.384.